The van der Waals surface area contributed by atoms with Crippen LogP contribution in [-0.2, 0) is 6.54 Å². The molecule has 1 aliphatic carbocycles. The van der Waals surface area contributed by atoms with Gasteiger partial charge in [0.15, 0.2) is 17.5 Å². The molecule has 0 aromatic heterocycles. The normalized spacial score (nSPS) is 20.5. The number of benzene rings is 1. The van der Waals surface area contributed by atoms with E-state index in [4.69, 9.17) is 14.5 Å². The van der Waals surface area contributed by atoms with Crippen LogP contribution in [0.5, 0.6) is 11.5 Å². The molecule has 27 heavy (non-hydrogen) atoms. The number of aliphatic hydroxyl groups is 1. The molecule has 1 aromatic carbocycles. The van der Waals surface area contributed by atoms with Gasteiger partial charge in [-0.05, 0) is 45.1 Å². The Bertz CT molecular complexity index is 620. The number of likely N-dealkylation sites (tertiary alicyclic amines) is 1. The number of aliphatic hydroxyl groups excluding tert-OH is 1. The third-order valence-corrected chi connectivity index (χ3v) is 5.06. The van der Waals surface area contributed by atoms with Crippen molar-refractivity contribution < 1.29 is 14.6 Å². The average Bonchev–Trinajstić information content (AvgIpc) is 3.31. The van der Waals surface area contributed by atoms with E-state index in [2.05, 4.69) is 23.2 Å². The van der Waals surface area contributed by atoms with Gasteiger partial charge in [0.25, 0.3) is 0 Å². The smallest absolute Gasteiger partial charge is 0.194 e. The number of rotatable bonds is 6. The third-order valence-electron chi connectivity index (χ3n) is 5.06. The van der Waals surface area contributed by atoms with E-state index in [0.29, 0.717) is 13.1 Å². The third kappa shape index (κ3) is 5.88. The molecule has 7 heteroatoms. The molecule has 1 atom stereocenters. The summed E-state index contributed by atoms with van der Waals surface area (Å²) in [7, 11) is 1.68. The number of hydrogen-bond donors (Lipinski definition) is 2. The Morgan fingerprint density at radius 2 is 2.07 bits per heavy atom. The van der Waals surface area contributed by atoms with Gasteiger partial charge in [-0.3, -0.25) is 0 Å². The van der Waals surface area contributed by atoms with Crippen molar-refractivity contribution in [1.29, 1.82) is 0 Å². The van der Waals surface area contributed by atoms with Gasteiger partial charge in [-0.1, -0.05) is 12.1 Å². The van der Waals surface area contributed by atoms with E-state index in [1.807, 2.05) is 12.1 Å². The van der Waals surface area contributed by atoms with E-state index in [0.717, 1.165) is 55.4 Å². The minimum atomic E-state index is -0.267. The molecule has 1 aromatic rings. The average molecular weight is 489 g/mol. The fourth-order valence-electron chi connectivity index (χ4n) is 3.67. The summed E-state index contributed by atoms with van der Waals surface area (Å²) in [5, 5.41) is 13.1. The number of guanidine groups is 1. The summed E-state index contributed by atoms with van der Waals surface area (Å²) in [6, 6.07) is 5.98. The summed E-state index contributed by atoms with van der Waals surface area (Å²) < 4.78 is 11.8. The highest BCUT2D eigenvalue weighted by Crippen LogP contribution is 2.35. The van der Waals surface area contributed by atoms with Crippen molar-refractivity contribution in [3.05, 3.63) is 23.8 Å². The molecule has 1 aliphatic heterocycles. The first kappa shape index (κ1) is 22.1. The highest BCUT2D eigenvalue weighted by Gasteiger charge is 2.24. The number of nitrogens with zero attached hydrogens (tertiary/aromatic N) is 2. The highest BCUT2D eigenvalue weighted by molar-refractivity contribution is 14.0. The second kappa shape index (κ2) is 10.9. The minimum Gasteiger partial charge on any atom is -0.493 e. The van der Waals surface area contributed by atoms with Gasteiger partial charge in [-0.2, -0.15) is 0 Å². The molecule has 1 saturated heterocycles. The van der Waals surface area contributed by atoms with E-state index in [1.165, 1.54) is 12.8 Å². The van der Waals surface area contributed by atoms with E-state index < -0.39 is 0 Å². The van der Waals surface area contributed by atoms with Crippen LogP contribution < -0.4 is 14.8 Å². The van der Waals surface area contributed by atoms with Crippen LogP contribution in [0.3, 0.4) is 0 Å². The van der Waals surface area contributed by atoms with Crippen LogP contribution in [0.25, 0.3) is 0 Å². The van der Waals surface area contributed by atoms with Crippen molar-refractivity contribution in [3.8, 4) is 11.5 Å². The lowest BCUT2D eigenvalue weighted by Crippen LogP contribution is -2.40. The monoisotopic (exact) mass is 489 g/mol. The molecule has 0 amide bonds. The van der Waals surface area contributed by atoms with Crippen LogP contribution in [0.2, 0.25) is 0 Å². The summed E-state index contributed by atoms with van der Waals surface area (Å²) in [4.78, 5) is 6.91. The van der Waals surface area contributed by atoms with Gasteiger partial charge in [0.1, 0.15) is 0 Å². The largest absolute Gasteiger partial charge is 0.493 e. The number of para-hydroxylation sites is 1. The molecule has 0 radical (unpaired) electrons. The Labute approximate surface area is 179 Å². The van der Waals surface area contributed by atoms with Gasteiger partial charge < -0.3 is 24.8 Å². The number of β-amino-alcohol motifs (C(OH)–C–C–N with tert-alkyl or cyclic N) is 1. The summed E-state index contributed by atoms with van der Waals surface area (Å²) >= 11 is 0. The Morgan fingerprint density at radius 3 is 2.70 bits per heavy atom. The molecule has 0 bridgehead atoms. The van der Waals surface area contributed by atoms with Crippen LogP contribution in [0.1, 0.15) is 44.6 Å². The molecule has 3 rings (SSSR count). The predicted octanol–water partition coefficient (Wildman–Crippen LogP) is 3.17. The number of nitrogens with one attached hydrogen (secondary N) is 1. The SMILES string of the molecule is CCNC(=NCc1cccc(OC)c1OC1CCCC1)N1CC[C@@H](O)C1.I. The topological polar surface area (TPSA) is 66.3 Å². The molecule has 6 nitrogen and oxygen atoms in total. The van der Waals surface area contributed by atoms with Crippen molar-refractivity contribution in [2.75, 3.05) is 26.7 Å². The fraction of sp³-hybridized carbons (Fsp3) is 0.650. The van der Waals surface area contributed by atoms with Crippen LogP contribution in [0, 0.1) is 0 Å². The Morgan fingerprint density at radius 1 is 1.30 bits per heavy atom. The first-order valence-electron chi connectivity index (χ1n) is 9.75. The number of ether oxygens (including phenoxy) is 2. The lowest BCUT2D eigenvalue weighted by Gasteiger charge is -2.22. The van der Waals surface area contributed by atoms with E-state index >= 15 is 0 Å². The summed E-state index contributed by atoms with van der Waals surface area (Å²) in [6.07, 6.45) is 5.47. The van der Waals surface area contributed by atoms with Gasteiger partial charge in [0, 0.05) is 25.2 Å². The standard InChI is InChI=1S/C20H31N3O3.HI/c1-3-21-20(23-12-11-16(24)14-23)22-13-15-7-6-10-18(25-2)19(15)26-17-8-4-5-9-17;/h6-7,10,16-17,24H,3-5,8-9,11-14H2,1-2H3,(H,21,22);1H/t16-;/m1./s1. The predicted molar refractivity (Wildman–Crippen MR) is 118 cm³/mol. The maximum Gasteiger partial charge on any atom is 0.194 e. The van der Waals surface area contributed by atoms with Crippen molar-refractivity contribution in [3.63, 3.8) is 0 Å². The molecular weight excluding hydrogens is 457 g/mol. The highest BCUT2D eigenvalue weighted by atomic mass is 127. The van der Waals surface area contributed by atoms with Gasteiger partial charge in [-0.15, -0.1) is 24.0 Å². The number of hydrogen-bond acceptors (Lipinski definition) is 4. The zero-order valence-electron chi connectivity index (χ0n) is 16.3. The molecule has 2 N–H and O–H groups in total. The van der Waals surface area contributed by atoms with Crippen LogP contribution in [0.4, 0.5) is 0 Å². The lowest BCUT2D eigenvalue weighted by molar-refractivity contribution is 0.187. The summed E-state index contributed by atoms with van der Waals surface area (Å²) in [6.45, 7) is 4.84. The van der Waals surface area contributed by atoms with E-state index in [-0.39, 0.29) is 36.2 Å². The molecule has 1 saturated carbocycles. The Balaban J connectivity index is 0.00000261. The number of aliphatic imine (C=N–C) groups is 1. The molecule has 1 heterocycles. The second-order valence-corrected chi connectivity index (χ2v) is 7.03. The maximum atomic E-state index is 9.81. The van der Waals surface area contributed by atoms with Crippen LogP contribution in [-0.4, -0.2) is 54.9 Å². The van der Waals surface area contributed by atoms with Crippen LogP contribution >= 0.6 is 24.0 Å². The molecule has 152 valence electrons. The quantitative estimate of drug-likeness (QED) is 0.365. The second-order valence-electron chi connectivity index (χ2n) is 7.03. The summed E-state index contributed by atoms with van der Waals surface area (Å²) in [5.74, 6) is 2.44. The van der Waals surface area contributed by atoms with Gasteiger partial charge in [0.2, 0.25) is 0 Å². The zero-order valence-corrected chi connectivity index (χ0v) is 18.6. The van der Waals surface area contributed by atoms with Crippen molar-refractivity contribution in [2.45, 2.75) is 57.8 Å². The zero-order chi connectivity index (χ0) is 18.4. The molecule has 0 spiro atoms. The maximum absolute atomic E-state index is 9.81. The molecule has 0 unspecified atom stereocenters. The first-order valence-corrected chi connectivity index (χ1v) is 9.75. The van der Waals surface area contributed by atoms with Crippen LogP contribution in [0.15, 0.2) is 23.2 Å². The molecule has 2 aliphatic rings. The number of halogens is 1. The van der Waals surface area contributed by atoms with Gasteiger partial charge in [-0.25, -0.2) is 4.99 Å². The minimum absolute atomic E-state index is 0. The molecular formula is C20H32IN3O3. The number of methoxy groups -OCH3 is 1. The van der Waals surface area contributed by atoms with Gasteiger partial charge in [0.05, 0.1) is 25.9 Å². The van der Waals surface area contributed by atoms with Gasteiger partial charge >= 0.3 is 0 Å². The van der Waals surface area contributed by atoms with Crippen molar-refractivity contribution in [2.24, 2.45) is 4.99 Å². The lowest BCUT2D eigenvalue weighted by atomic mass is 10.1. The first-order chi connectivity index (χ1) is 12.7. The Hall–Kier alpha value is -1.22. The Kier molecular flexibility index (Phi) is 8.95. The van der Waals surface area contributed by atoms with Crippen molar-refractivity contribution >= 4 is 29.9 Å². The van der Waals surface area contributed by atoms with E-state index in [9.17, 15) is 5.11 Å². The fourth-order valence-corrected chi connectivity index (χ4v) is 3.67. The van der Waals surface area contributed by atoms with E-state index in [1.54, 1.807) is 7.11 Å². The summed E-state index contributed by atoms with van der Waals surface area (Å²) in [5.41, 5.74) is 1.03. The molecule has 2 fully saturated rings. The van der Waals surface area contributed by atoms with Crippen molar-refractivity contribution in [1.82, 2.24) is 10.2 Å².